The number of carbonyl (C=O) groups is 1. The highest BCUT2D eigenvalue weighted by Gasteiger charge is 2.41. The van der Waals surface area contributed by atoms with Gasteiger partial charge >= 0.3 is 0 Å². The molecule has 2 aromatic rings. The van der Waals surface area contributed by atoms with E-state index in [0.29, 0.717) is 18.4 Å². The van der Waals surface area contributed by atoms with E-state index in [4.69, 9.17) is 0 Å². The third-order valence-electron chi connectivity index (χ3n) is 4.19. The van der Waals surface area contributed by atoms with E-state index in [2.05, 4.69) is 10.3 Å². The van der Waals surface area contributed by atoms with Crippen molar-refractivity contribution in [1.82, 2.24) is 10.3 Å². The number of hydrogen-bond acceptors (Lipinski definition) is 3. The summed E-state index contributed by atoms with van der Waals surface area (Å²) < 4.78 is 13.4. The van der Waals surface area contributed by atoms with Crippen LogP contribution in [0.5, 0.6) is 0 Å². The van der Waals surface area contributed by atoms with Crippen molar-refractivity contribution in [3.63, 3.8) is 0 Å². The van der Waals surface area contributed by atoms with Crippen molar-refractivity contribution in [3.05, 3.63) is 65.7 Å². The average Bonchev–Trinajstić information content (AvgIpc) is 2.55. The lowest BCUT2D eigenvalue weighted by molar-refractivity contribution is 0.0846. The van der Waals surface area contributed by atoms with Gasteiger partial charge in [0.15, 0.2) is 5.78 Å². The van der Waals surface area contributed by atoms with Gasteiger partial charge in [-0.3, -0.25) is 9.78 Å². The second-order valence-corrected chi connectivity index (χ2v) is 5.42. The van der Waals surface area contributed by atoms with E-state index in [1.54, 1.807) is 0 Å². The normalized spacial score (nSPS) is 17.4. The van der Waals surface area contributed by atoms with Crippen molar-refractivity contribution in [1.29, 1.82) is 0 Å². The fourth-order valence-electron chi connectivity index (χ4n) is 3.07. The molecule has 0 unspecified atom stereocenters. The number of piperidine rings is 1. The molecule has 21 heavy (non-hydrogen) atoms. The number of carbonyl (C=O) groups excluding carboxylic acids is 1. The largest absolute Gasteiger partial charge is 0.317 e. The molecule has 0 amide bonds. The van der Waals surface area contributed by atoms with Crippen LogP contribution in [-0.2, 0) is 5.41 Å². The summed E-state index contributed by atoms with van der Waals surface area (Å²) >= 11 is 0. The summed E-state index contributed by atoms with van der Waals surface area (Å²) in [5.41, 5.74) is 0.767. The van der Waals surface area contributed by atoms with Crippen LogP contribution < -0.4 is 5.32 Å². The molecule has 108 valence electrons. The predicted octanol–water partition coefficient (Wildman–Crippen LogP) is 2.72. The molecule has 0 bridgehead atoms. The second kappa shape index (κ2) is 5.74. The molecule has 0 spiro atoms. The Hall–Kier alpha value is -2.07. The molecule has 0 aliphatic carbocycles. The lowest BCUT2D eigenvalue weighted by Crippen LogP contribution is -2.45. The fourth-order valence-corrected chi connectivity index (χ4v) is 3.07. The fraction of sp³-hybridized carbons (Fsp3) is 0.294. The molecule has 2 heterocycles. The topological polar surface area (TPSA) is 42.0 Å². The van der Waals surface area contributed by atoms with Crippen LogP contribution in [0.15, 0.2) is 48.8 Å². The molecular formula is C17H17FN2O. The minimum atomic E-state index is -0.581. The number of benzene rings is 1. The predicted molar refractivity (Wildman–Crippen MR) is 78.7 cm³/mol. The van der Waals surface area contributed by atoms with Gasteiger partial charge in [-0.05, 0) is 37.6 Å². The van der Waals surface area contributed by atoms with E-state index < -0.39 is 11.2 Å². The van der Waals surface area contributed by atoms with E-state index in [9.17, 15) is 9.18 Å². The molecule has 0 radical (unpaired) electrons. The Morgan fingerprint density at radius 2 is 1.86 bits per heavy atom. The number of halogens is 1. The number of nitrogens with zero attached hydrogens (tertiary/aromatic N) is 1. The summed E-state index contributed by atoms with van der Waals surface area (Å²) in [6.07, 6.45) is 4.01. The molecule has 3 rings (SSSR count). The molecule has 1 N–H and O–H groups in total. The zero-order valence-electron chi connectivity index (χ0n) is 11.7. The van der Waals surface area contributed by atoms with Gasteiger partial charge in [-0.25, -0.2) is 4.39 Å². The SMILES string of the molecule is O=C(c1cncc(F)c1)C1(c2ccccc2)CCNCC1. The highest BCUT2D eigenvalue weighted by molar-refractivity contribution is 6.04. The smallest absolute Gasteiger partial charge is 0.175 e. The number of pyridine rings is 1. The summed E-state index contributed by atoms with van der Waals surface area (Å²) in [5.74, 6) is -0.514. The van der Waals surface area contributed by atoms with Crippen molar-refractivity contribution in [2.75, 3.05) is 13.1 Å². The van der Waals surface area contributed by atoms with E-state index in [1.807, 2.05) is 30.3 Å². The maximum absolute atomic E-state index is 13.4. The molecule has 1 fully saturated rings. The van der Waals surface area contributed by atoms with Gasteiger partial charge in [0.25, 0.3) is 0 Å². The van der Waals surface area contributed by atoms with Crippen LogP contribution in [0.3, 0.4) is 0 Å². The summed E-state index contributed by atoms with van der Waals surface area (Å²) in [5, 5.41) is 3.29. The Bertz CT molecular complexity index is 636. The van der Waals surface area contributed by atoms with Crippen LogP contribution in [0.1, 0.15) is 28.8 Å². The van der Waals surface area contributed by atoms with Crippen LogP contribution in [0, 0.1) is 5.82 Å². The van der Waals surface area contributed by atoms with Crippen LogP contribution >= 0.6 is 0 Å². The third kappa shape index (κ3) is 2.59. The molecule has 0 atom stereocenters. The zero-order valence-corrected chi connectivity index (χ0v) is 11.7. The quantitative estimate of drug-likeness (QED) is 0.881. The molecule has 1 aliphatic heterocycles. The van der Waals surface area contributed by atoms with Crippen LogP contribution in [0.4, 0.5) is 4.39 Å². The maximum Gasteiger partial charge on any atom is 0.175 e. The summed E-state index contributed by atoms with van der Waals surface area (Å²) in [6, 6.07) is 11.1. The van der Waals surface area contributed by atoms with Crippen molar-refractivity contribution in [3.8, 4) is 0 Å². The molecule has 4 heteroatoms. The lowest BCUT2D eigenvalue weighted by atomic mass is 9.68. The van der Waals surface area contributed by atoms with E-state index in [1.165, 1.54) is 12.3 Å². The molecule has 1 aromatic heterocycles. The molecule has 1 saturated heterocycles. The van der Waals surface area contributed by atoms with E-state index in [0.717, 1.165) is 24.8 Å². The standard InChI is InChI=1S/C17H17FN2O/c18-15-10-13(11-20-12-15)16(21)17(6-8-19-9-7-17)14-4-2-1-3-5-14/h1-5,10-12,19H,6-9H2. The van der Waals surface area contributed by atoms with E-state index >= 15 is 0 Å². The van der Waals surface area contributed by atoms with Gasteiger partial charge in [0.2, 0.25) is 0 Å². The summed E-state index contributed by atoms with van der Waals surface area (Å²) in [4.78, 5) is 16.9. The van der Waals surface area contributed by atoms with Crippen molar-refractivity contribution < 1.29 is 9.18 Å². The Morgan fingerprint density at radius 1 is 1.14 bits per heavy atom. The Balaban J connectivity index is 2.06. The number of hydrogen-bond donors (Lipinski definition) is 1. The second-order valence-electron chi connectivity index (χ2n) is 5.42. The van der Waals surface area contributed by atoms with Gasteiger partial charge < -0.3 is 5.32 Å². The van der Waals surface area contributed by atoms with Crippen LogP contribution in [-0.4, -0.2) is 23.9 Å². The molecule has 0 saturated carbocycles. The number of Topliss-reactive ketones (excluding diaryl/α,β-unsaturated/α-hetero) is 1. The first kappa shape index (κ1) is 13.9. The van der Waals surface area contributed by atoms with Gasteiger partial charge in [0, 0.05) is 11.8 Å². The lowest BCUT2D eigenvalue weighted by Gasteiger charge is -2.36. The third-order valence-corrected chi connectivity index (χ3v) is 4.19. The minimum Gasteiger partial charge on any atom is -0.317 e. The number of ketones is 1. The zero-order chi connectivity index (χ0) is 14.7. The van der Waals surface area contributed by atoms with Gasteiger partial charge in [-0.1, -0.05) is 30.3 Å². The number of aromatic nitrogens is 1. The van der Waals surface area contributed by atoms with Crippen molar-refractivity contribution in [2.45, 2.75) is 18.3 Å². The minimum absolute atomic E-state index is 0.0396. The molecular weight excluding hydrogens is 267 g/mol. The molecule has 1 aromatic carbocycles. The summed E-state index contributed by atoms with van der Waals surface area (Å²) in [7, 11) is 0. The Labute approximate surface area is 123 Å². The van der Waals surface area contributed by atoms with E-state index in [-0.39, 0.29) is 5.78 Å². The maximum atomic E-state index is 13.4. The number of rotatable bonds is 3. The van der Waals surface area contributed by atoms with Gasteiger partial charge in [0.1, 0.15) is 5.82 Å². The summed E-state index contributed by atoms with van der Waals surface area (Å²) in [6.45, 7) is 1.56. The molecule has 1 aliphatic rings. The highest BCUT2D eigenvalue weighted by Crippen LogP contribution is 2.36. The monoisotopic (exact) mass is 284 g/mol. The highest BCUT2D eigenvalue weighted by atomic mass is 19.1. The Kier molecular flexibility index (Phi) is 3.80. The Morgan fingerprint density at radius 3 is 2.52 bits per heavy atom. The van der Waals surface area contributed by atoms with Gasteiger partial charge in [-0.2, -0.15) is 0 Å². The first-order valence-corrected chi connectivity index (χ1v) is 7.14. The van der Waals surface area contributed by atoms with Crippen LogP contribution in [0.25, 0.3) is 0 Å². The van der Waals surface area contributed by atoms with Crippen LogP contribution in [0.2, 0.25) is 0 Å². The van der Waals surface area contributed by atoms with Gasteiger partial charge in [0.05, 0.1) is 11.6 Å². The van der Waals surface area contributed by atoms with Gasteiger partial charge in [-0.15, -0.1) is 0 Å². The number of nitrogens with one attached hydrogen (secondary N) is 1. The first-order valence-electron chi connectivity index (χ1n) is 7.14. The van der Waals surface area contributed by atoms with Crippen molar-refractivity contribution in [2.24, 2.45) is 0 Å². The van der Waals surface area contributed by atoms with Crippen molar-refractivity contribution >= 4 is 5.78 Å². The first-order chi connectivity index (χ1) is 10.2. The average molecular weight is 284 g/mol. The molecule has 3 nitrogen and oxygen atoms in total.